The minimum atomic E-state index is -0.475. The summed E-state index contributed by atoms with van der Waals surface area (Å²) in [5.74, 6) is 0.794. The molecule has 1 fully saturated rings. The highest BCUT2D eigenvalue weighted by Gasteiger charge is 2.28. The second-order valence-corrected chi connectivity index (χ2v) is 9.96. The Kier molecular flexibility index (Phi) is 8.44. The number of alkyl carbamates (subject to hydrolysis) is 1. The van der Waals surface area contributed by atoms with Crippen LogP contribution < -0.4 is 20.4 Å². The van der Waals surface area contributed by atoms with Crippen molar-refractivity contribution in [2.45, 2.75) is 32.3 Å². The molecule has 0 spiro atoms. The summed E-state index contributed by atoms with van der Waals surface area (Å²) in [5.41, 5.74) is 1.97. The zero-order valence-corrected chi connectivity index (χ0v) is 22.3. The molecule has 4 aromatic rings. The largest absolute Gasteiger partial charge is 0.497 e. The van der Waals surface area contributed by atoms with Crippen molar-refractivity contribution >= 4 is 23.0 Å². The Hall–Kier alpha value is -4.59. The highest BCUT2D eigenvalue weighted by molar-refractivity contribution is 5.84. The van der Waals surface area contributed by atoms with E-state index in [1.54, 1.807) is 55.6 Å². The van der Waals surface area contributed by atoms with Crippen LogP contribution in [0.3, 0.4) is 0 Å². The summed E-state index contributed by atoms with van der Waals surface area (Å²) in [6, 6.07) is 23.5. The predicted octanol–water partition coefficient (Wildman–Crippen LogP) is 6.11. The van der Waals surface area contributed by atoms with Crippen molar-refractivity contribution in [1.82, 2.24) is 5.32 Å². The number of ether oxygens (including phenoxy) is 3. The van der Waals surface area contributed by atoms with E-state index in [2.05, 4.69) is 5.32 Å². The van der Waals surface area contributed by atoms with Crippen molar-refractivity contribution in [2.75, 3.05) is 13.7 Å². The molecule has 206 valence electrons. The predicted molar refractivity (Wildman–Crippen MR) is 150 cm³/mol. The Morgan fingerprint density at radius 2 is 1.62 bits per heavy atom. The molecule has 1 amide bonds. The average Bonchev–Trinajstić information content (AvgIpc) is 2.99. The fourth-order valence-corrected chi connectivity index (χ4v) is 4.93. The zero-order valence-electron chi connectivity index (χ0n) is 22.3. The molecule has 8 nitrogen and oxygen atoms in total. The number of amides is 1. The molecule has 5 rings (SSSR count). The summed E-state index contributed by atoms with van der Waals surface area (Å²) in [6.07, 6.45) is 2.53. The molecule has 0 aliphatic heterocycles. The van der Waals surface area contributed by atoms with Gasteiger partial charge in [-0.15, -0.1) is 0 Å². The summed E-state index contributed by atoms with van der Waals surface area (Å²) in [7, 11) is 1.58. The lowest BCUT2D eigenvalue weighted by atomic mass is 9.82. The van der Waals surface area contributed by atoms with E-state index >= 15 is 0 Å². The Balaban J connectivity index is 1.11. The van der Waals surface area contributed by atoms with Gasteiger partial charge in [0.25, 0.3) is 0 Å². The third kappa shape index (κ3) is 6.69. The van der Waals surface area contributed by atoms with Gasteiger partial charge in [-0.2, -0.15) is 0 Å². The quantitative estimate of drug-likeness (QED) is 0.163. The normalized spacial score (nSPS) is 16.7. The van der Waals surface area contributed by atoms with Crippen LogP contribution in [0.1, 0.15) is 31.2 Å². The van der Waals surface area contributed by atoms with Gasteiger partial charge in [0, 0.05) is 18.0 Å². The first kappa shape index (κ1) is 27.0. The number of carbonyl (C=O) groups excluding carboxylic acids is 2. The van der Waals surface area contributed by atoms with Gasteiger partial charge in [0.05, 0.1) is 18.6 Å². The molecular weight excluding hydrogens is 510 g/mol. The van der Waals surface area contributed by atoms with Gasteiger partial charge in [0.15, 0.2) is 0 Å². The molecule has 0 atom stereocenters. The standard InChI is InChI=1S/C32H31NO7/c1-37-26-14-11-23(12-15-26)28-17-25-13-16-27(18-29(25)40-31(28)35)39-30(34)24-9-7-21(8-10-24)19-33-32(36)38-20-22-5-3-2-4-6-22/h2-6,11-18,21,24H,7-10,19-20H2,1H3,(H,33,36). The summed E-state index contributed by atoms with van der Waals surface area (Å²) in [4.78, 5) is 37.5. The number of hydrogen-bond acceptors (Lipinski definition) is 7. The molecule has 0 saturated heterocycles. The molecular formula is C32H31NO7. The van der Waals surface area contributed by atoms with Crippen LogP contribution in [0.15, 0.2) is 88.1 Å². The van der Waals surface area contributed by atoms with Gasteiger partial charge in [0.1, 0.15) is 23.7 Å². The summed E-state index contributed by atoms with van der Waals surface area (Å²) < 4.78 is 21.6. The van der Waals surface area contributed by atoms with E-state index in [4.69, 9.17) is 18.6 Å². The molecule has 0 bridgehead atoms. The Morgan fingerprint density at radius 3 is 2.35 bits per heavy atom. The van der Waals surface area contributed by atoms with Gasteiger partial charge in [0.2, 0.25) is 0 Å². The van der Waals surface area contributed by atoms with Gasteiger partial charge in [-0.25, -0.2) is 9.59 Å². The highest BCUT2D eigenvalue weighted by atomic mass is 16.5. The van der Waals surface area contributed by atoms with E-state index in [0.717, 1.165) is 29.4 Å². The number of carbonyl (C=O) groups is 2. The topological polar surface area (TPSA) is 104 Å². The third-order valence-electron chi connectivity index (χ3n) is 7.25. The lowest BCUT2D eigenvalue weighted by molar-refractivity contribution is -0.140. The summed E-state index contributed by atoms with van der Waals surface area (Å²) in [6.45, 7) is 0.741. The van der Waals surface area contributed by atoms with Crippen LogP contribution in [0, 0.1) is 11.8 Å². The fourth-order valence-electron chi connectivity index (χ4n) is 4.93. The van der Waals surface area contributed by atoms with Gasteiger partial charge in [-0.3, -0.25) is 4.79 Å². The maximum atomic E-state index is 12.8. The van der Waals surface area contributed by atoms with Crippen LogP contribution in [-0.4, -0.2) is 25.7 Å². The second-order valence-electron chi connectivity index (χ2n) is 9.96. The van der Waals surface area contributed by atoms with E-state index in [0.29, 0.717) is 42.0 Å². The van der Waals surface area contributed by atoms with Crippen molar-refractivity contribution < 1.29 is 28.2 Å². The molecule has 1 aromatic heterocycles. The zero-order chi connectivity index (χ0) is 27.9. The lowest BCUT2D eigenvalue weighted by Crippen LogP contribution is -2.33. The molecule has 1 aliphatic carbocycles. The second kappa shape index (κ2) is 12.5. The first-order valence-electron chi connectivity index (χ1n) is 13.4. The van der Waals surface area contributed by atoms with E-state index in [9.17, 15) is 14.4 Å². The van der Waals surface area contributed by atoms with Crippen LogP contribution in [0.2, 0.25) is 0 Å². The van der Waals surface area contributed by atoms with Crippen LogP contribution >= 0.6 is 0 Å². The number of rotatable bonds is 8. The lowest BCUT2D eigenvalue weighted by Gasteiger charge is -2.27. The fraction of sp³-hybridized carbons (Fsp3) is 0.281. The van der Waals surface area contributed by atoms with E-state index in [1.807, 2.05) is 30.3 Å². The number of nitrogens with one attached hydrogen (secondary N) is 1. The van der Waals surface area contributed by atoms with Crippen molar-refractivity contribution in [3.63, 3.8) is 0 Å². The molecule has 1 heterocycles. The Bertz CT molecular complexity index is 1520. The van der Waals surface area contributed by atoms with Gasteiger partial charge in [-0.05, 0) is 73.1 Å². The first-order chi connectivity index (χ1) is 19.5. The van der Waals surface area contributed by atoms with Crippen molar-refractivity contribution in [1.29, 1.82) is 0 Å². The SMILES string of the molecule is COc1ccc(-c2cc3ccc(OC(=O)C4CCC(CNC(=O)OCc5ccccc5)CC4)cc3oc2=O)cc1. The van der Waals surface area contributed by atoms with Gasteiger partial charge < -0.3 is 23.9 Å². The Morgan fingerprint density at radius 1 is 0.900 bits per heavy atom. The smallest absolute Gasteiger partial charge is 0.407 e. The molecule has 1 aliphatic rings. The molecule has 3 aromatic carbocycles. The van der Waals surface area contributed by atoms with Crippen LogP contribution in [0.25, 0.3) is 22.1 Å². The van der Waals surface area contributed by atoms with Crippen LogP contribution in [0.4, 0.5) is 4.79 Å². The van der Waals surface area contributed by atoms with Gasteiger partial charge in [-0.1, -0.05) is 42.5 Å². The third-order valence-corrected chi connectivity index (χ3v) is 7.25. The van der Waals surface area contributed by atoms with Crippen LogP contribution in [0.5, 0.6) is 11.5 Å². The number of fused-ring (bicyclic) bond motifs is 1. The van der Waals surface area contributed by atoms with Crippen molar-refractivity contribution in [3.05, 3.63) is 94.8 Å². The molecule has 1 N–H and O–H groups in total. The highest BCUT2D eigenvalue weighted by Crippen LogP contribution is 2.31. The molecule has 1 saturated carbocycles. The van der Waals surface area contributed by atoms with Crippen molar-refractivity contribution in [3.8, 4) is 22.6 Å². The van der Waals surface area contributed by atoms with E-state index in [1.165, 1.54) is 0 Å². The van der Waals surface area contributed by atoms with E-state index < -0.39 is 11.7 Å². The molecule has 0 unspecified atom stereocenters. The number of hydrogen-bond donors (Lipinski definition) is 1. The average molecular weight is 542 g/mol. The molecule has 40 heavy (non-hydrogen) atoms. The van der Waals surface area contributed by atoms with E-state index in [-0.39, 0.29) is 24.4 Å². The van der Waals surface area contributed by atoms with Gasteiger partial charge >= 0.3 is 17.7 Å². The van der Waals surface area contributed by atoms with Crippen molar-refractivity contribution in [2.24, 2.45) is 11.8 Å². The number of esters is 1. The minimum absolute atomic E-state index is 0.221. The number of methoxy groups -OCH3 is 1. The molecule has 8 heteroatoms. The summed E-state index contributed by atoms with van der Waals surface area (Å²) in [5, 5.41) is 3.55. The van der Waals surface area contributed by atoms with Crippen LogP contribution in [-0.2, 0) is 16.1 Å². The number of benzene rings is 3. The maximum absolute atomic E-state index is 12.8. The minimum Gasteiger partial charge on any atom is -0.497 e. The summed E-state index contributed by atoms with van der Waals surface area (Å²) >= 11 is 0. The first-order valence-corrected chi connectivity index (χ1v) is 13.4. The molecule has 0 radical (unpaired) electrons. The Labute approximate surface area is 231 Å². The maximum Gasteiger partial charge on any atom is 0.407 e. The monoisotopic (exact) mass is 541 g/mol.